The van der Waals surface area contributed by atoms with Gasteiger partial charge >= 0.3 is 0 Å². The van der Waals surface area contributed by atoms with E-state index in [9.17, 15) is 0 Å². The molecule has 1 nitrogen and oxygen atoms in total. The van der Waals surface area contributed by atoms with Crippen LogP contribution < -0.4 is 4.74 Å². The van der Waals surface area contributed by atoms with Crippen molar-refractivity contribution in [2.24, 2.45) is 0 Å². The number of hydrogen-bond donors (Lipinski definition) is 0. The van der Waals surface area contributed by atoms with Crippen molar-refractivity contribution in [3.05, 3.63) is 41.0 Å². The van der Waals surface area contributed by atoms with Crippen LogP contribution in [0.15, 0.2) is 24.3 Å². The van der Waals surface area contributed by atoms with E-state index in [4.69, 9.17) is 4.74 Å². The highest BCUT2D eigenvalue weighted by Crippen LogP contribution is 2.41. The Hall–Kier alpha value is -1.54. The van der Waals surface area contributed by atoms with Gasteiger partial charge in [0, 0.05) is 25.7 Å². The lowest BCUT2D eigenvalue weighted by Gasteiger charge is -2.09. The maximum atomic E-state index is 6.16. The molecule has 0 aliphatic rings. The smallest absolute Gasteiger partial charge is 0.123 e. The summed E-state index contributed by atoms with van der Waals surface area (Å²) < 4.78 is 9.02. The molecule has 0 aliphatic heterocycles. The first-order valence-corrected chi connectivity index (χ1v) is 12.6. The van der Waals surface area contributed by atoms with E-state index in [0.29, 0.717) is 0 Å². The Morgan fingerprint density at radius 3 is 2.03 bits per heavy atom. The van der Waals surface area contributed by atoms with Gasteiger partial charge in [0.25, 0.3) is 0 Å². The van der Waals surface area contributed by atoms with Gasteiger partial charge in [-0.2, -0.15) is 0 Å². The number of rotatable bonds is 12. The minimum absolute atomic E-state index is 0.835. The van der Waals surface area contributed by atoms with E-state index in [-0.39, 0.29) is 0 Å². The van der Waals surface area contributed by atoms with Crippen LogP contribution in [0.2, 0.25) is 0 Å². The third-order valence-electron chi connectivity index (χ3n) is 6.17. The molecule has 3 aromatic rings. The molecule has 2 heteroatoms. The lowest BCUT2D eigenvalue weighted by Crippen LogP contribution is -1.98. The van der Waals surface area contributed by atoms with Gasteiger partial charge in [-0.25, -0.2) is 0 Å². The molecule has 0 aliphatic carbocycles. The van der Waals surface area contributed by atoms with E-state index in [1.807, 2.05) is 11.3 Å². The summed E-state index contributed by atoms with van der Waals surface area (Å²) in [6, 6.07) is 9.17. The first-order chi connectivity index (χ1) is 14.2. The van der Waals surface area contributed by atoms with Gasteiger partial charge in [0.15, 0.2) is 0 Å². The van der Waals surface area contributed by atoms with Crippen molar-refractivity contribution in [3.8, 4) is 5.75 Å². The van der Waals surface area contributed by atoms with Crippen LogP contribution in [0.4, 0.5) is 0 Å². The molecule has 3 rings (SSSR count). The fraction of sp³-hybridized carbons (Fsp3) is 0.556. The second kappa shape index (κ2) is 11.0. The molecule has 1 aromatic heterocycles. The van der Waals surface area contributed by atoms with Crippen LogP contribution in [-0.4, -0.2) is 6.61 Å². The minimum Gasteiger partial charge on any atom is -0.493 e. The van der Waals surface area contributed by atoms with Crippen LogP contribution in [0.3, 0.4) is 0 Å². The topological polar surface area (TPSA) is 9.23 Å². The maximum absolute atomic E-state index is 6.16. The molecule has 0 radical (unpaired) electrons. The summed E-state index contributed by atoms with van der Waals surface area (Å²) in [7, 11) is 0. The summed E-state index contributed by atoms with van der Waals surface area (Å²) >= 11 is 1.96. The average Bonchev–Trinajstić information content (AvgIpc) is 3.11. The third kappa shape index (κ3) is 5.34. The highest BCUT2D eigenvalue weighted by Gasteiger charge is 2.14. The SMILES string of the molecule is CCCCCCCOc1ccc2c(sc3c(C)c(CCCCCC)ccc32)c1C. The van der Waals surface area contributed by atoms with Crippen molar-refractivity contribution in [3.63, 3.8) is 0 Å². The minimum atomic E-state index is 0.835. The Balaban J connectivity index is 1.76. The molecular weight excluding hydrogens is 372 g/mol. The van der Waals surface area contributed by atoms with Gasteiger partial charge in [-0.3, -0.25) is 0 Å². The van der Waals surface area contributed by atoms with Gasteiger partial charge in [0.2, 0.25) is 0 Å². The van der Waals surface area contributed by atoms with Crippen LogP contribution in [-0.2, 0) is 6.42 Å². The number of hydrogen-bond acceptors (Lipinski definition) is 2. The molecule has 158 valence electrons. The van der Waals surface area contributed by atoms with Gasteiger partial charge in [0.1, 0.15) is 5.75 Å². The number of unbranched alkanes of at least 4 members (excludes halogenated alkanes) is 7. The summed E-state index contributed by atoms with van der Waals surface area (Å²) in [5.41, 5.74) is 4.32. The summed E-state index contributed by atoms with van der Waals surface area (Å²) in [5.74, 6) is 1.07. The normalized spacial score (nSPS) is 11.6. The molecule has 2 aromatic carbocycles. The molecular formula is C27H38OS. The molecule has 1 heterocycles. The van der Waals surface area contributed by atoms with E-state index in [1.54, 1.807) is 0 Å². The number of ether oxygens (including phenoxy) is 1. The van der Waals surface area contributed by atoms with E-state index < -0.39 is 0 Å². The largest absolute Gasteiger partial charge is 0.493 e. The van der Waals surface area contributed by atoms with E-state index in [0.717, 1.165) is 18.8 Å². The summed E-state index contributed by atoms with van der Waals surface area (Å²) in [6.07, 6.45) is 12.9. The van der Waals surface area contributed by atoms with Crippen molar-refractivity contribution in [2.45, 2.75) is 91.9 Å². The van der Waals surface area contributed by atoms with Crippen molar-refractivity contribution in [1.29, 1.82) is 0 Å². The molecule has 0 N–H and O–H groups in total. The van der Waals surface area contributed by atoms with Crippen molar-refractivity contribution in [2.75, 3.05) is 6.61 Å². The predicted molar refractivity (Wildman–Crippen MR) is 131 cm³/mol. The third-order valence-corrected chi connectivity index (χ3v) is 7.63. The summed E-state index contributed by atoms with van der Waals surface area (Å²) in [6.45, 7) is 9.92. The van der Waals surface area contributed by atoms with Gasteiger partial charge in [-0.1, -0.05) is 70.9 Å². The molecule has 0 bridgehead atoms. The number of thiophene rings is 1. The second-order valence-electron chi connectivity index (χ2n) is 8.47. The summed E-state index contributed by atoms with van der Waals surface area (Å²) in [4.78, 5) is 0. The Morgan fingerprint density at radius 1 is 0.690 bits per heavy atom. The van der Waals surface area contributed by atoms with Crippen molar-refractivity contribution in [1.82, 2.24) is 0 Å². The zero-order chi connectivity index (χ0) is 20.6. The highest BCUT2D eigenvalue weighted by molar-refractivity contribution is 7.26. The van der Waals surface area contributed by atoms with E-state index in [1.165, 1.54) is 94.7 Å². The van der Waals surface area contributed by atoms with Gasteiger partial charge < -0.3 is 4.74 Å². The number of fused-ring (bicyclic) bond motifs is 3. The van der Waals surface area contributed by atoms with Crippen LogP contribution in [0.25, 0.3) is 20.2 Å². The standard InChI is InChI=1S/C27H38OS/c1-5-7-9-11-13-19-28-25-18-17-24-23-16-15-22(14-12-10-8-6-2)20(3)26(23)29-27(24)21(25)4/h15-18H,5-14,19H2,1-4H3. The molecule has 0 fully saturated rings. The number of benzene rings is 2. The van der Waals surface area contributed by atoms with Gasteiger partial charge in [-0.05, 0) is 56.4 Å². The van der Waals surface area contributed by atoms with Crippen LogP contribution in [0.1, 0.15) is 88.3 Å². The molecule has 0 unspecified atom stereocenters. The quantitative estimate of drug-likeness (QED) is 0.270. The molecule has 0 spiro atoms. The average molecular weight is 411 g/mol. The van der Waals surface area contributed by atoms with Crippen molar-refractivity contribution < 1.29 is 4.74 Å². The first-order valence-electron chi connectivity index (χ1n) is 11.7. The lowest BCUT2D eigenvalue weighted by molar-refractivity contribution is 0.303. The molecule has 0 saturated heterocycles. The Kier molecular flexibility index (Phi) is 8.41. The van der Waals surface area contributed by atoms with Crippen molar-refractivity contribution >= 4 is 31.5 Å². The number of aryl methyl sites for hydroxylation is 3. The second-order valence-corrected chi connectivity index (χ2v) is 9.49. The van der Waals surface area contributed by atoms with Crippen LogP contribution in [0.5, 0.6) is 5.75 Å². The molecule has 0 saturated carbocycles. The highest BCUT2D eigenvalue weighted by atomic mass is 32.1. The lowest BCUT2D eigenvalue weighted by atomic mass is 9.99. The predicted octanol–water partition coefficient (Wildman–Crippen LogP) is 9.14. The van der Waals surface area contributed by atoms with Gasteiger partial charge in [-0.15, -0.1) is 11.3 Å². The molecule has 0 atom stereocenters. The van der Waals surface area contributed by atoms with Gasteiger partial charge in [0.05, 0.1) is 6.61 Å². The fourth-order valence-corrected chi connectivity index (χ4v) is 5.57. The van der Waals surface area contributed by atoms with Crippen LogP contribution in [0, 0.1) is 13.8 Å². The summed E-state index contributed by atoms with van der Waals surface area (Å²) in [5, 5.41) is 2.80. The molecule has 29 heavy (non-hydrogen) atoms. The maximum Gasteiger partial charge on any atom is 0.123 e. The Bertz CT molecular complexity index is 921. The zero-order valence-electron chi connectivity index (χ0n) is 18.9. The Labute approximate surface area is 181 Å². The van der Waals surface area contributed by atoms with E-state index >= 15 is 0 Å². The zero-order valence-corrected chi connectivity index (χ0v) is 19.7. The van der Waals surface area contributed by atoms with E-state index in [2.05, 4.69) is 52.0 Å². The monoisotopic (exact) mass is 410 g/mol. The molecule has 0 amide bonds. The first kappa shape index (κ1) is 22.2. The Morgan fingerprint density at radius 2 is 1.31 bits per heavy atom. The van der Waals surface area contributed by atoms with Crippen LogP contribution >= 0.6 is 11.3 Å². The fourth-order valence-electron chi connectivity index (χ4n) is 4.25.